The van der Waals surface area contributed by atoms with Crippen LogP contribution < -0.4 is 16.0 Å². The van der Waals surface area contributed by atoms with E-state index in [1.54, 1.807) is 14.1 Å². The van der Waals surface area contributed by atoms with Gasteiger partial charge in [0.15, 0.2) is 5.96 Å². The molecule has 0 fully saturated rings. The minimum Gasteiger partial charge on any atom is -0.359 e. The Kier molecular flexibility index (Phi) is 10.5. The van der Waals surface area contributed by atoms with Crippen molar-refractivity contribution in [1.29, 1.82) is 0 Å². The molecule has 0 saturated carbocycles. The molecule has 0 aliphatic rings. The largest absolute Gasteiger partial charge is 0.359 e. The van der Waals surface area contributed by atoms with Crippen LogP contribution >= 0.6 is 24.0 Å². The van der Waals surface area contributed by atoms with Gasteiger partial charge >= 0.3 is 0 Å². The zero-order valence-electron chi connectivity index (χ0n) is 11.4. The van der Waals surface area contributed by atoms with Crippen LogP contribution in [0.3, 0.4) is 0 Å². The van der Waals surface area contributed by atoms with Crippen molar-refractivity contribution < 1.29 is 4.79 Å². The highest BCUT2D eigenvalue weighted by molar-refractivity contribution is 14.0. The number of aliphatic imine (C=N–C) groups is 1. The predicted octanol–water partition coefficient (Wildman–Crippen LogP) is 0.952. The average molecular weight is 356 g/mol. The van der Waals surface area contributed by atoms with E-state index in [-0.39, 0.29) is 29.9 Å². The molecule has 0 heterocycles. The lowest BCUT2D eigenvalue weighted by Gasteiger charge is -2.24. The van der Waals surface area contributed by atoms with Gasteiger partial charge in [0.1, 0.15) is 0 Å². The Labute approximate surface area is 121 Å². The molecule has 0 bridgehead atoms. The number of amides is 1. The Bertz CT molecular complexity index is 254. The molecule has 0 aromatic heterocycles. The highest BCUT2D eigenvalue weighted by atomic mass is 127. The maximum Gasteiger partial charge on any atom is 0.227 e. The molecule has 6 heteroatoms. The average Bonchev–Trinajstić information content (AvgIpc) is 2.28. The van der Waals surface area contributed by atoms with Gasteiger partial charge in [0.25, 0.3) is 0 Å². The molecule has 0 saturated heterocycles. The molecule has 102 valence electrons. The van der Waals surface area contributed by atoms with Gasteiger partial charge < -0.3 is 16.0 Å². The van der Waals surface area contributed by atoms with Gasteiger partial charge in [-0.15, -0.1) is 24.0 Å². The first-order valence-electron chi connectivity index (χ1n) is 5.64. The van der Waals surface area contributed by atoms with Crippen LogP contribution in [0, 0.1) is 5.41 Å². The van der Waals surface area contributed by atoms with Crippen molar-refractivity contribution in [3.8, 4) is 0 Å². The number of nitrogens with zero attached hydrogens (tertiary/aromatic N) is 1. The van der Waals surface area contributed by atoms with E-state index in [0.717, 1.165) is 18.9 Å². The fourth-order valence-corrected chi connectivity index (χ4v) is 1.19. The molecule has 0 atom stereocenters. The summed E-state index contributed by atoms with van der Waals surface area (Å²) in [5.74, 6) is 0.754. The summed E-state index contributed by atoms with van der Waals surface area (Å²) in [5.41, 5.74) is -0.446. The van der Waals surface area contributed by atoms with Gasteiger partial charge in [-0.3, -0.25) is 9.79 Å². The quantitative estimate of drug-likeness (QED) is 0.391. The first-order chi connectivity index (χ1) is 7.47. The van der Waals surface area contributed by atoms with Crippen LogP contribution in [0.2, 0.25) is 0 Å². The highest BCUT2D eigenvalue weighted by Crippen LogP contribution is 2.12. The van der Waals surface area contributed by atoms with Gasteiger partial charge in [-0.25, -0.2) is 0 Å². The Morgan fingerprint density at radius 2 is 1.88 bits per heavy atom. The van der Waals surface area contributed by atoms with Crippen LogP contribution in [0.25, 0.3) is 0 Å². The number of halogens is 1. The van der Waals surface area contributed by atoms with Crippen LogP contribution in [-0.4, -0.2) is 39.1 Å². The van der Waals surface area contributed by atoms with Crippen LogP contribution in [0.1, 0.15) is 27.2 Å². The topological polar surface area (TPSA) is 65.5 Å². The van der Waals surface area contributed by atoms with Crippen LogP contribution in [0.4, 0.5) is 0 Å². The van der Waals surface area contributed by atoms with Crippen molar-refractivity contribution in [3.63, 3.8) is 0 Å². The lowest BCUT2D eigenvalue weighted by molar-refractivity contribution is -0.128. The fraction of sp³-hybridized carbons (Fsp3) is 0.818. The highest BCUT2D eigenvalue weighted by Gasteiger charge is 2.26. The van der Waals surface area contributed by atoms with Gasteiger partial charge in [-0.2, -0.15) is 0 Å². The summed E-state index contributed by atoms with van der Waals surface area (Å²) < 4.78 is 0. The van der Waals surface area contributed by atoms with Crippen molar-refractivity contribution in [2.24, 2.45) is 10.4 Å². The summed E-state index contributed by atoms with van der Waals surface area (Å²) in [7, 11) is 3.37. The number of hydrogen-bond donors (Lipinski definition) is 3. The molecule has 3 N–H and O–H groups in total. The van der Waals surface area contributed by atoms with Crippen molar-refractivity contribution in [1.82, 2.24) is 16.0 Å². The van der Waals surface area contributed by atoms with Crippen molar-refractivity contribution in [3.05, 3.63) is 0 Å². The minimum absolute atomic E-state index is 0. The number of carbonyl (C=O) groups is 1. The molecule has 0 aliphatic carbocycles. The smallest absolute Gasteiger partial charge is 0.227 e. The Morgan fingerprint density at radius 3 is 2.29 bits per heavy atom. The van der Waals surface area contributed by atoms with Crippen LogP contribution in [0.5, 0.6) is 0 Å². The first-order valence-corrected chi connectivity index (χ1v) is 5.64. The van der Waals surface area contributed by atoms with E-state index in [1.807, 2.05) is 13.8 Å². The first kappa shape index (κ1) is 18.8. The second-order valence-electron chi connectivity index (χ2n) is 4.32. The van der Waals surface area contributed by atoms with E-state index in [0.29, 0.717) is 6.54 Å². The Balaban J connectivity index is 0. The fourth-order valence-electron chi connectivity index (χ4n) is 1.19. The third-order valence-electron chi connectivity index (χ3n) is 2.31. The van der Waals surface area contributed by atoms with E-state index >= 15 is 0 Å². The zero-order chi connectivity index (χ0) is 12.6. The van der Waals surface area contributed by atoms with Crippen molar-refractivity contribution in [2.45, 2.75) is 27.2 Å². The van der Waals surface area contributed by atoms with E-state index in [1.165, 1.54) is 0 Å². The molecule has 0 aromatic rings. The Morgan fingerprint density at radius 1 is 1.29 bits per heavy atom. The van der Waals surface area contributed by atoms with Crippen molar-refractivity contribution in [2.75, 3.05) is 27.2 Å². The number of carbonyl (C=O) groups excluding carboxylic acids is 1. The molecular formula is C11H25IN4O. The summed E-state index contributed by atoms with van der Waals surface area (Å²) in [5, 5.41) is 8.94. The molecule has 0 rings (SSSR count). The number of nitrogens with one attached hydrogen (secondary N) is 3. The van der Waals surface area contributed by atoms with Gasteiger partial charge in [0.2, 0.25) is 5.91 Å². The SMILES string of the molecule is CCCNC(=NC)NCC(C)(C)C(=O)NC.I. The normalized spacial score (nSPS) is 11.5. The molecular weight excluding hydrogens is 331 g/mol. The standard InChI is InChI=1S/C11H24N4O.HI/c1-6-7-14-10(13-5)15-8-11(2,3)9(16)12-4;/h6-8H2,1-5H3,(H,12,16)(H2,13,14,15);1H. The van der Waals surface area contributed by atoms with Gasteiger partial charge in [-0.1, -0.05) is 6.92 Å². The van der Waals surface area contributed by atoms with E-state index in [9.17, 15) is 4.79 Å². The van der Waals surface area contributed by atoms with Gasteiger partial charge in [0.05, 0.1) is 5.41 Å². The molecule has 0 radical (unpaired) electrons. The molecule has 0 aromatic carbocycles. The second kappa shape index (κ2) is 9.49. The molecule has 17 heavy (non-hydrogen) atoms. The number of hydrogen-bond acceptors (Lipinski definition) is 2. The summed E-state index contributed by atoms with van der Waals surface area (Å²) in [4.78, 5) is 15.6. The predicted molar refractivity (Wildman–Crippen MR) is 82.9 cm³/mol. The molecule has 0 unspecified atom stereocenters. The van der Waals surface area contributed by atoms with E-state index < -0.39 is 5.41 Å². The maximum absolute atomic E-state index is 11.5. The monoisotopic (exact) mass is 356 g/mol. The molecule has 5 nitrogen and oxygen atoms in total. The molecule has 0 spiro atoms. The summed E-state index contributed by atoms with van der Waals surface area (Å²) in [6, 6.07) is 0. The van der Waals surface area contributed by atoms with Crippen LogP contribution in [0.15, 0.2) is 4.99 Å². The second-order valence-corrected chi connectivity index (χ2v) is 4.32. The molecule has 0 aliphatic heterocycles. The third-order valence-corrected chi connectivity index (χ3v) is 2.31. The van der Waals surface area contributed by atoms with Crippen molar-refractivity contribution >= 4 is 35.8 Å². The van der Waals surface area contributed by atoms with E-state index in [2.05, 4.69) is 27.9 Å². The number of guanidine groups is 1. The maximum atomic E-state index is 11.5. The lowest BCUT2D eigenvalue weighted by Crippen LogP contribution is -2.47. The lowest BCUT2D eigenvalue weighted by atomic mass is 9.92. The number of rotatable bonds is 5. The Hall–Kier alpha value is -0.530. The minimum atomic E-state index is -0.446. The molecule has 1 amide bonds. The summed E-state index contributed by atoms with van der Waals surface area (Å²) in [6.45, 7) is 7.31. The zero-order valence-corrected chi connectivity index (χ0v) is 13.7. The third kappa shape index (κ3) is 7.40. The van der Waals surface area contributed by atoms with Crippen LogP contribution in [-0.2, 0) is 4.79 Å². The summed E-state index contributed by atoms with van der Waals surface area (Å²) in [6.07, 6.45) is 1.04. The summed E-state index contributed by atoms with van der Waals surface area (Å²) >= 11 is 0. The van der Waals surface area contributed by atoms with Gasteiger partial charge in [-0.05, 0) is 20.3 Å². The van der Waals surface area contributed by atoms with E-state index in [4.69, 9.17) is 0 Å². The van der Waals surface area contributed by atoms with Gasteiger partial charge in [0, 0.05) is 27.2 Å².